The van der Waals surface area contributed by atoms with E-state index in [9.17, 15) is 9.59 Å². The molecular weight excluding hydrogens is 234 g/mol. The Labute approximate surface area is 104 Å². The van der Waals surface area contributed by atoms with Crippen LogP contribution >= 0.6 is 0 Å². The number of carbonyl (C=O) groups excluding carboxylic acids is 1. The Balaban J connectivity index is 1.93. The number of nitrogens with one attached hydrogen (secondary N) is 2. The SMILES string of the molecule is O=C(Nc1cncc(C(=O)O)c1)NC1CCCC1. The lowest BCUT2D eigenvalue weighted by molar-refractivity contribution is 0.0696. The highest BCUT2D eigenvalue weighted by Gasteiger charge is 2.17. The van der Waals surface area contributed by atoms with Gasteiger partial charge in [-0.3, -0.25) is 4.98 Å². The van der Waals surface area contributed by atoms with E-state index in [1.807, 2.05) is 0 Å². The van der Waals surface area contributed by atoms with Crippen LogP contribution in [0, 0.1) is 0 Å². The van der Waals surface area contributed by atoms with E-state index in [-0.39, 0.29) is 17.6 Å². The third kappa shape index (κ3) is 3.19. The maximum Gasteiger partial charge on any atom is 0.337 e. The molecule has 0 spiro atoms. The summed E-state index contributed by atoms with van der Waals surface area (Å²) >= 11 is 0. The molecule has 1 aromatic rings. The van der Waals surface area contributed by atoms with Crippen LogP contribution in [0.5, 0.6) is 0 Å². The molecule has 96 valence electrons. The van der Waals surface area contributed by atoms with Crippen LogP contribution in [-0.2, 0) is 0 Å². The Kier molecular flexibility index (Phi) is 3.76. The van der Waals surface area contributed by atoms with Crippen LogP contribution in [0.25, 0.3) is 0 Å². The summed E-state index contributed by atoms with van der Waals surface area (Å²) in [6, 6.07) is 1.29. The molecule has 1 heterocycles. The zero-order chi connectivity index (χ0) is 13.0. The molecule has 0 atom stereocenters. The summed E-state index contributed by atoms with van der Waals surface area (Å²) in [6.45, 7) is 0. The molecule has 0 unspecified atom stereocenters. The van der Waals surface area contributed by atoms with Crippen molar-refractivity contribution in [2.45, 2.75) is 31.7 Å². The van der Waals surface area contributed by atoms with Crippen molar-refractivity contribution in [3.63, 3.8) is 0 Å². The van der Waals surface area contributed by atoms with Gasteiger partial charge in [-0.25, -0.2) is 9.59 Å². The van der Waals surface area contributed by atoms with Gasteiger partial charge < -0.3 is 15.7 Å². The molecule has 18 heavy (non-hydrogen) atoms. The van der Waals surface area contributed by atoms with Crippen LogP contribution < -0.4 is 10.6 Å². The van der Waals surface area contributed by atoms with Crippen LogP contribution in [0.2, 0.25) is 0 Å². The molecule has 2 rings (SSSR count). The Morgan fingerprint density at radius 3 is 2.67 bits per heavy atom. The Bertz CT molecular complexity index is 456. The smallest absolute Gasteiger partial charge is 0.337 e. The van der Waals surface area contributed by atoms with Crippen LogP contribution in [0.15, 0.2) is 18.5 Å². The largest absolute Gasteiger partial charge is 0.478 e. The Morgan fingerprint density at radius 1 is 1.28 bits per heavy atom. The quantitative estimate of drug-likeness (QED) is 0.762. The van der Waals surface area contributed by atoms with E-state index in [2.05, 4.69) is 15.6 Å². The number of hydrogen-bond donors (Lipinski definition) is 3. The fourth-order valence-corrected chi connectivity index (χ4v) is 2.05. The number of aromatic nitrogens is 1. The highest BCUT2D eigenvalue weighted by atomic mass is 16.4. The number of carboxylic acid groups (broad SMARTS) is 1. The van der Waals surface area contributed by atoms with E-state index >= 15 is 0 Å². The van der Waals surface area contributed by atoms with Crippen molar-refractivity contribution in [2.24, 2.45) is 0 Å². The predicted octanol–water partition coefficient (Wildman–Crippen LogP) is 1.84. The number of carbonyl (C=O) groups is 2. The molecule has 1 aliphatic rings. The molecule has 6 nitrogen and oxygen atoms in total. The molecule has 1 fully saturated rings. The van der Waals surface area contributed by atoms with Crippen LogP contribution in [0.3, 0.4) is 0 Å². The van der Waals surface area contributed by atoms with Crippen molar-refractivity contribution >= 4 is 17.7 Å². The second-order valence-corrected chi connectivity index (χ2v) is 4.35. The van der Waals surface area contributed by atoms with Gasteiger partial charge in [-0.2, -0.15) is 0 Å². The maximum atomic E-state index is 11.7. The van der Waals surface area contributed by atoms with Gasteiger partial charge in [0.15, 0.2) is 0 Å². The number of hydrogen-bond acceptors (Lipinski definition) is 3. The third-order valence-electron chi connectivity index (χ3n) is 2.93. The van der Waals surface area contributed by atoms with Gasteiger partial charge in [0.05, 0.1) is 17.4 Å². The monoisotopic (exact) mass is 249 g/mol. The first-order valence-corrected chi connectivity index (χ1v) is 5.91. The van der Waals surface area contributed by atoms with Gasteiger partial charge in [-0.15, -0.1) is 0 Å². The normalized spacial score (nSPS) is 15.3. The average Bonchev–Trinajstić information content (AvgIpc) is 2.82. The summed E-state index contributed by atoms with van der Waals surface area (Å²) in [4.78, 5) is 26.2. The maximum absolute atomic E-state index is 11.7. The van der Waals surface area contributed by atoms with Gasteiger partial charge in [0, 0.05) is 12.2 Å². The van der Waals surface area contributed by atoms with E-state index < -0.39 is 5.97 Å². The lowest BCUT2D eigenvalue weighted by Gasteiger charge is -2.12. The molecular formula is C12H15N3O3. The first-order valence-electron chi connectivity index (χ1n) is 5.91. The van der Waals surface area contributed by atoms with E-state index in [4.69, 9.17) is 5.11 Å². The zero-order valence-electron chi connectivity index (χ0n) is 9.85. The highest BCUT2D eigenvalue weighted by molar-refractivity contribution is 5.92. The zero-order valence-corrected chi connectivity index (χ0v) is 9.85. The predicted molar refractivity (Wildman–Crippen MR) is 65.6 cm³/mol. The van der Waals surface area contributed by atoms with Gasteiger partial charge in [0.2, 0.25) is 0 Å². The van der Waals surface area contributed by atoms with E-state index in [0.717, 1.165) is 25.7 Å². The number of nitrogens with zero attached hydrogens (tertiary/aromatic N) is 1. The standard InChI is InChI=1S/C12H15N3O3/c16-11(17)8-5-10(7-13-6-8)15-12(18)14-9-3-1-2-4-9/h5-7,9H,1-4H2,(H,16,17)(H2,14,15,18). The topological polar surface area (TPSA) is 91.3 Å². The molecule has 3 N–H and O–H groups in total. The van der Waals surface area contributed by atoms with Crippen LogP contribution in [0.4, 0.5) is 10.5 Å². The molecule has 0 saturated heterocycles. The van der Waals surface area contributed by atoms with Crippen molar-refractivity contribution < 1.29 is 14.7 Å². The van der Waals surface area contributed by atoms with Crippen LogP contribution in [0.1, 0.15) is 36.0 Å². The van der Waals surface area contributed by atoms with E-state index in [1.165, 1.54) is 18.5 Å². The lowest BCUT2D eigenvalue weighted by atomic mass is 10.2. The van der Waals surface area contributed by atoms with E-state index in [0.29, 0.717) is 5.69 Å². The molecule has 1 aliphatic carbocycles. The van der Waals surface area contributed by atoms with Gasteiger partial charge in [-0.05, 0) is 18.9 Å². The first kappa shape index (κ1) is 12.3. The minimum absolute atomic E-state index is 0.0497. The first-order chi connectivity index (χ1) is 8.65. The molecule has 6 heteroatoms. The molecule has 0 aromatic carbocycles. The Hall–Kier alpha value is -2.11. The van der Waals surface area contributed by atoms with Crippen molar-refractivity contribution in [2.75, 3.05) is 5.32 Å². The highest BCUT2D eigenvalue weighted by Crippen LogP contribution is 2.17. The molecule has 1 saturated carbocycles. The number of urea groups is 1. The van der Waals surface area contributed by atoms with Gasteiger partial charge >= 0.3 is 12.0 Å². The summed E-state index contributed by atoms with van der Waals surface area (Å²) in [5, 5.41) is 14.2. The summed E-state index contributed by atoms with van der Waals surface area (Å²) < 4.78 is 0. The average molecular weight is 249 g/mol. The number of rotatable bonds is 3. The number of amides is 2. The molecule has 0 radical (unpaired) electrons. The second kappa shape index (κ2) is 5.48. The summed E-state index contributed by atoms with van der Waals surface area (Å²) in [5.41, 5.74) is 0.430. The fourth-order valence-electron chi connectivity index (χ4n) is 2.05. The second-order valence-electron chi connectivity index (χ2n) is 4.35. The van der Waals surface area contributed by atoms with Gasteiger partial charge in [0.1, 0.15) is 0 Å². The lowest BCUT2D eigenvalue weighted by Crippen LogP contribution is -2.36. The summed E-state index contributed by atoms with van der Waals surface area (Å²) in [6.07, 6.45) is 6.94. The summed E-state index contributed by atoms with van der Waals surface area (Å²) in [5.74, 6) is -1.07. The minimum atomic E-state index is -1.07. The third-order valence-corrected chi connectivity index (χ3v) is 2.93. The van der Waals surface area contributed by atoms with Crippen LogP contribution in [-0.4, -0.2) is 28.1 Å². The molecule has 2 amide bonds. The number of aromatic carboxylic acids is 1. The van der Waals surface area contributed by atoms with Crippen molar-refractivity contribution in [1.82, 2.24) is 10.3 Å². The number of pyridine rings is 1. The van der Waals surface area contributed by atoms with E-state index in [1.54, 1.807) is 0 Å². The van der Waals surface area contributed by atoms with Crippen molar-refractivity contribution in [3.8, 4) is 0 Å². The Morgan fingerprint density at radius 2 is 2.00 bits per heavy atom. The van der Waals surface area contributed by atoms with Gasteiger partial charge in [-0.1, -0.05) is 12.8 Å². The van der Waals surface area contributed by atoms with Gasteiger partial charge in [0.25, 0.3) is 0 Å². The van der Waals surface area contributed by atoms with Crippen molar-refractivity contribution in [3.05, 3.63) is 24.0 Å². The van der Waals surface area contributed by atoms with Crippen molar-refractivity contribution in [1.29, 1.82) is 0 Å². The number of carboxylic acids is 1. The fraction of sp³-hybridized carbons (Fsp3) is 0.417. The minimum Gasteiger partial charge on any atom is -0.478 e. The molecule has 0 aliphatic heterocycles. The molecule has 0 bridgehead atoms. The number of anilines is 1. The molecule has 1 aromatic heterocycles. The summed E-state index contributed by atoms with van der Waals surface area (Å²) in [7, 11) is 0.